The predicted octanol–water partition coefficient (Wildman–Crippen LogP) is 3.56. The number of halogens is 1. The van der Waals surface area contributed by atoms with Crippen LogP contribution in [0.3, 0.4) is 0 Å². The quantitative estimate of drug-likeness (QED) is 0.754. The van der Waals surface area contributed by atoms with Gasteiger partial charge in [-0.3, -0.25) is 9.59 Å². The van der Waals surface area contributed by atoms with Gasteiger partial charge in [0.05, 0.1) is 26.2 Å². The van der Waals surface area contributed by atoms with Crippen LogP contribution in [-0.2, 0) is 9.59 Å². The third kappa shape index (κ3) is 3.72. The van der Waals surface area contributed by atoms with Crippen LogP contribution in [0.1, 0.15) is 30.9 Å². The van der Waals surface area contributed by atoms with Gasteiger partial charge in [0.25, 0.3) is 0 Å². The van der Waals surface area contributed by atoms with Crippen molar-refractivity contribution in [1.82, 2.24) is 4.90 Å². The molecule has 0 bridgehead atoms. The van der Waals surface area contributed by atoms with Crippen molar-refractivity contribution in [2.24, 2.45) is 5.92 Å². The first-order valence-corrected chi connectivity index (χ1v) is 10.1. The molecule has 0 radical (unpaired) electrons. The molecule has 7 heteroatoms. The lowest BCUT2D eigenvalue weighted by atomic mass is 10.0. The Labute approximate surface area is 175 Å². The lowest BCUT2D eigenvalue weighted by Crippen LogP contribution is -2.37. The van der Waals surface area contributed by atoms with E-state index in [0.717, 1.165) is 18.4 Å². The number of likely N-dealkylation sites (tertiary alicyclic amines) is 1. The summed E-state index contributed by atoms with van der Waals surface area (Å²) >= 11 is 0. The summed E-state index contributed by atoms with van der Waals surface area (Å²) in [5.74, 6) is 0.341. The molecule has 0 saturated carbocycles. The van der Waals surface area contributed by atoms with Crippen LogP contribution in [0.15, 0.2) is 42.5 Å². The summed E-state index contributed by atoms with van der Waals surface area (Å²) in [5.41, 5.74) is 1.43. The second kappa shape index (κ2) is 8.34. The van der Waals surface area contributed by atoms with Gasteiger partial charge in [-0.15, -0.1) is 0 Å². The van der Waals surface area contributed by atoms with Crippen molar-refractivity contribution in [1.29, 1.82) is 0 Å². The predicted molar refractivity (Wildman–Crippen MR) is 110 cm³/mol. The van der Waals surface area contributed by atoms with Gasteiger partial charge >= 0.3 is 0 Å². The summed E-state index contributed by atoms with van der Waals surface area (Å²) < 4.78 is 24.4. The number of benzene rings is 2. The van der Waals surface area contributed by atoms with Crippen molar-refractivity contribution in [2.45, 2.75) is 25.3 Å². The zero-order valence-corrected chi connectivity index (χ0v) is 17.1. The van der Waals surface area contributed by atoms with Gasteiger partial charge in [0, 0.05) is 36.8 Å². The fraction of sp³-hybridized carbons (Fsp3) is 0.391. The minimum atomic E-state index is -0.439. The lowest BCUT2D eigenvalue weighted by molar-refractivity contribution is -0.136. The summed E-state index contributed by atoms with van der Waals surface area (Å²) in [6.07, 6.45) is 1.86. The molecule has 30 heavy (non-hydrogen) atoms. The first-order chi connectivity index (χ1) is 14.5. The first-order valence-electron chi connectivity index (χ1n) is 10.1. The third-order valence-corrected chi connectivity index (χ3v) is 5.93. The van der Waals surface area contributed by atoms with E-state index in [1.807, 2.05) is 23.1 Å². The van der Waals surface area contributed by atoms with Crippen LogP contribution in [-0.4, -0.2) is 44.0 Å². The molecular formula is C23H25FN2O4. The fourth-order valence-electron chi connectivity index (χ4n) is 4.45. The van der Waals surface area contributed by atoms with Gasteiger partial charge in [-0.2, -0.15) is 0 Å². The number of ether oxygens (including phenoxy) is 2. The van der Waals surface area contributed by atoms with Gasteiger partial charge < -0.3 is 19.3 Å². The molecule has 2 saturated heterocycles. The molecule has 2 aliphatic heterocycles. The van der Waals surface area contributed by atoms with Gasteiger partial charge in [0.1, 0.15) is 17.3 Å². The number of anilines is 1. The van der Waals surface area contributed by atoms with Crippen molar-refractivity contribution in [3.63, 3.8) is 0 Å². The number of carbonyl (C=O) groups is 2. The fourth-order valence-corrected chi connectivity index (χ4v) is 4.45. The smallest absolute Gasteiger partial charge is 0.228 e. The van der Waals surface area contributed by atoms with Crippen molar-refractivity contribution >= 4 is 17.5 Å². The number of hydrogen-bond acceptors (Lipinski definition) is 4. The topological polar surface area (TPSA) is 59.1 Å². The van der Waals surface area contributed by atoms with Crippen LogP contribution in [0.5, 0.6) is 11.5 Å². The van der Waals surface area contributed by atoms with Crippen molar-refractivity contribution in [3.05, 3.63) is 53.8 Å². The molecule has 158 valence electrons. The number of carbonyl (C=O) groups excluding carboxylic acids is 2. The van der Waals surface area contributed by atoms with Gasteiger partial charge in [0.15, 0.2) is 0 Å². The highest BCUT2D eigenvalue weighted by molar-refractivity contribution is 6.00. The minimum absolute atomic E-state index is 0.0392. The highest BCUT2D eigenvalue weighted by Crippen LogP contribution is 2.40. The third-order valence-electron chi connectivity index (χ3n) is 5.93. The molecular weight excluding hydrogens is 387 g/mol. The number of hydrogen-bond donors (Lipinski definition) is 0. The molecule has 0 unspecified atom stereocenters. The van der Waals surface area contributed by atoms with E-state index in [9.17, 15) is 14.0 Å². The molecule has 2 aromatic rings. The van der Waals surface area contributed by atoms with E-state index in [1.165, 1.54) is 17.0 Å². The van der Waals surface area contributed by atoms with Crippen LogP contribution in [0.4, 0.5) is 10.1 Å². The summed E-state index contributed by atoms with van der Waals surface area (Å²) in [6, 6.07) is 11.4. The van der Waals surface area contributed by atoms with Crippen LogP contribution in [0, 0.1) is 11.7 Å². The SMILES string of the molecule is COc1ccc([C@@H]2CCCN2C(=O)[C@H]2CC(=O)N(c3cccc(F)c3)C2)c(OC)c1. The highest BCUT2D eigenvalue weighted by Gasteiger charge is 2.41. The minimum Gasteiger partial charge on any atom is -0.497 e. The van der Waals surface area contributed by atoms with Crippen LogP contribution >= 0.6 is 0 Å². The Morgan fingerprint density at radius 2 is 1.97 bits per heavy atom. The van der Waals surface area contributed by atoms with E-state index >= 15 is 0 Å². The second-order valence-corrected chi connectivity index (χ2v) is 7.68. The lowest BCUT2D eigenvalue weighted by Gasteiger charge is -2.28. The standard InChI is InChI=1S/C23H25FN2O4/c1-29-18-8-9-19(21(13-18)30-2)20-7-4-10-25(20)23(28)15-11-22(27)26(14-15)17-6-3-5-16(24)12-17/h3,5-6,8-9,12-13,15,20H,4,7,10-11,14H2,1-2H3/t15-,20-/m0/s1. The molecule has 2 fully saturated rings. The zero-order chi connectivity index (χ0) is 21.3. The van der Waals surface area contributed by atoms with Gasteiger partial charge in [-0.1, -0.05) is 6.07 Å². The van der Waals surface area contributed by atoms with Gasteiger partial charge in [-0.25, -0.2) is 4.39 Å². The van der Waals surface area contributed by atoms with E-state index in [0.29, 0.717) is 23.7 Å². The zero-order valence-electron chi connectivity index (χ0n) is 17.1. The maximum Gasteiger partial charge on any atom is 0.228 e. The average molecular weight is 412 g/mol. The summed E-state index contributed by atoms with van der Waals surface area (Å²) in [4.78, 5) is 29.3. The number of methoxy groups -OCH3 is 2. The molecule has 2 amide bonds. The maximum atomic E-state index is 13.6. The number of amides is 2. The first kappa shape index (κ1) is 20.2. The normalized spacial score (nSPS) is 21.2. The van der Waals surface area contributed by atoms with Gasteiger partial charge in [-0.05, 0) is 43.2 Å². The molecule has 0 spiro atoms. The average Bonchev–Trinajstić information content (AvgIpc) is 3.39. The number of nitrogens with zero attached hydrogens (tertiary/aromatic N) is 2. The maximum absolute atomic E-state index is 13.6. The Bertz CT molecular complexity index is 964. The summed E-state index contributed by atoms with van der Waals surface area (Å²) in [7, 11) is 3.20. The van der Waals surface area contributed by atoms with E-state index in [1.54, 1.807) is 26.4 Å². The Morgan fingerprint density at radius 1 is 1.13 bits per heavy atom. The van der Waals surface area contributed by atoms with Gasteiger partial charge in [0.2, 0.25) is 11.8 Å². The number of rotatable bonds is 5. The van der Waals surface area contributed by atoms with E-state index in [2.05, 4.69) is 0 Å². The van der Waals surface area contributed by atoms with E-state index in [4.69, 9.17) is 9.47 Å². The molecule has 2 heterocycles. The molecule has 2 aliphatic rings. The highest BCUT2D eigenvalue weighted by atomic mass is 19.1. The molecule has 2 aromatic carbocycles. The molecule has 2 atom stereocenters. The molecule has 0 aromatic heterocycles. The van der Waals surface area contributed by atoms with Crippen LogP contribution in [0.2, 0.25) is 0 Å². The largest absolute Gasteiger partial charge is 0.497 e. The Kier molecular flexibility index (Phi) is 5.61. The van der Waals surface area contributed by atoms with Crippen LogP contribution in [0.25, 0.3) is 0 Å². The van der Waals surface area contributed by atoms with Crippen LogP contribution < -0.4 is 14.4 Å². The molecule has 4 rings (SSSR count). The summed E-state index contributed by atoms with van der Waals surface area (Å²) in [6.45, 7) is 0.910. The Hall–Kier alpha value is -3.09. The molecule has 0 N–H and O–H groups in total. The summed E-state index contributed by atoms with van der Waals surface area (Å²) in [5, 5.41) is 0. The van der Waals surface area contributed by atoms with E-state index in [-0.39, 0.29) is 30.8 Å². The molecule has 0 aliphatic carbocycles. The van der Waals surface area contributed by atoms with Crippen molar-refractivity contribution in [2.75, 3.05) is 32.2 Å². The van der Waals surface area contributed by atoms with Crippen molar-refractivity contribution < 1.29 is 23.5 Å². The Balaban J connectivity index is 1.54. The Morgan fingerprint density at radius 3 is 2.70 bits per heavy atom. The monoisotopic (exact) mass is 412 g/mol. The molecule has 6 nitrogen and oxygen atoms in total. The second-order valence-electron chi connectivity index (χ2n) is 7.68. The van der Waals surface area contributed by atoms with Crippen molar-refractivity contribution in [3.8, 4) is 11.5 Å². The van der Waals surface area contributed by atoms with E-state index < -0.39 is 11.7 Å².